The molecule has 10 heteroatoms. The number of rotatable bonds is 8. The summed E-state index contributed by atoms with van der Waals surface area (Å²) >= 11 is 13.7. The molecule has 0 aromatic heterocycles. The van der Waals surface area contributed by atoms with Gasteiger partial charge in [-0.25, -0.2) is 0 Å². The van der Waals surface area contributed by atoms with Gasteiger partial charge < -0.3 is 14.8 Å². The summed E-state index contributed by atoms with van der Waals surface area (Å²) in [6, 6.07) is 21.0. The minimum Gasteiger partial charge on any atom is -0.495 e. The summed E-state index contributed by atoms with van der Waals surface area (Å²) in [6.07, 6.45) is 0.257. The summed E-state index contributed by atoms with van der Waals surface area (Å²) in [7, 11) is 1.49. The average molecular weight is 568 g/mol. The normalized spacial score (nSPS) is 16.1. The standard InChI is InChI=1S/C28H23Cl2N3O4S/c1-3-37-19-13-11-18(12-14-19)33-27(35)24(15-17-7-6-8-21(29)25(17)30)38-28(33)20(16-31)26(34)32-22-9-4-5-10-23(22)36-2/h4-14,24H,3,15H2,1-2H3,(H,32,34)/b28-20-. The third-order valence-electron chi connectivity index (χ3n) is 5.70. The van der Waals surface area contributed by atoms with Crippen LogP contribution in [0.1, 0.15) is 12.5 Å². The van der Waals surface area contributed by atoms with E-state index in [-0.39, 0.29) is 22.9 Å². The topological polar surface area (TPSA) is 91.7 Å². The molecule has 1 unspecified atom stereocenters. The van der Waals surface area contributed by atoms with Gasteiger partial charge in [0.25, 0.3) is 5.91 Å². The SMILES string of the molecule is CCOc1ccc(N2C(=O)C(Cc3cccc(Cl)c3Cl)S/C2=C(/C#N)C(=O)Nc2ccccc2OC)cc1. The Morgan fingerprint density at radius 3 is 2.53 bits per heavy atom. The highest BCUT2D eigenvalue weighted by atomic mass is 35.5. The number of anilines is 2. The van der Waals surface area contributed by atoms with Crippen molar-refractivity contribution < 1.29 is 19.1 Å². The average Bonchev–Trinajstić information content (AvgIpc) is 3.23. The predicted octanol–water partition coefficient (Wildman–Crippen LogP) is 6.47. The van der Waals surface area contributed by atoms with Gasteiger partial charge in [-0.1, -0.05) is 59.2 Å². The number of hydrogen-bond acceptors (Lipinski definition) is 6. The van der Waals surface area contributed by atoms with Crippen LogP contribution in [0.25, 0.3) is 0 Å². The third-order valence-corrected chi connectivity index (χ3v) is 7.82. The van der Waals surface area contributed by atoms with E-state index in [9.17, 15) is 14.9 Å². The van der Waals surface area contributed by atoms with E-state index in [1.807, 2.05) is 13.0 Å². The van der Waals surface area contributed by atoms with Crippen LogP contribution < -0.4 is 19.7 Å². The van der Waals surface area contributed by atoms with Crippen molar-refractivity contribution >= 4 is 58.2 Å². The summed E-state index contributed by atoms with van der Waals surface area (Å²) in [5.74, 6) is 0.126. The number of halogens is 2. The lowest BCUT2D eigenvalue weighted by atomic mass is 10.1. The van der Waals surface area contributed by atoms with Gasteiger partial charge in [-0.15, -0.1) is 0 Å². The minimum atomic E-state index is -0.662. The number of amides is 2. The number of carbonyl (C=O) groups is 2. The van der Waals surface area contributed by atoms with E-state index in [4.69, 9.17) is 32.7 Å². The Kier molecular flexibility index (Phi) is 8.85. The highest BCUT2D eigenvalue weighted by Crippen LogP contribution is 2.43. The number of hydrogen-bond donors (Lipinski definition) is 1. The summed E-state index contributed by atoms with van der Waals surface area (Å²) in [5, 5.41) is 13.1. The molecule has 1 aliphatic heterocycles. The number of thioether (sulfide) groups is 1. The van der Waals surface area contributed by atoms with Crippen LogP contribution in [0.4, 0.5) is 11.4 Å². The van der Waals surface area contributed by atoms with Crippen LogP contribution in [0.3, 0.4) is 0 Å². The van der Waals surface area contributed by atoms with E-state index >= 15 is 0 Å². The Morgan fingerprint density at radius 1 is 1.11 bits per heavy atom. The first-order valence-electron chi connectivity index (χ1n) is 11.6. The molecule has 1 aliphatic rings. The van der Waals surface area contributed by atoms with Crippen LogP contribution in [0.2, 0.25) is 10.0 Å². The van der Waals surface area contributed by atoms with Crippen LogP contribution in [-0.2, 0) is 16.0 Å². The highest BCUT2D eigenvalue weighted by molar-refractivity contribution is 8.05. The summed E-state index contributed by atoms with van der Waals surface area (Å²) in [5.41, 5.74) is 1.38. The summed E-state index contributed by atoms with van der Waals surface area (Å²) in [6.45, 7) is 2.37. The maximum Gasteiger partial charge on any atom is 0.269 e. The number of nitrogens with zero attached hydrogens (tertiary/aromatic N) is 2. The molecule has 38 heavy (non-hydrogen) atoms. The summed E-state index contributed by atoms with van der Waals surface area (Å²) < 4.78 is 10.8. The van der Waals surface area contributed by atoms with Crippen LogP contribution in [0.15, 0.2) is 77.3 Å². The molecule has 0 saturated carbocycles. The minimum absolute atomic E-state index is 0.206. The number of carbonyl (C=O) groups excluding carboxylic acids is 2. The van der Waals surface area contributed by atoms with Crippen molar-refractivity contribution in [3.8, 4) is 17.6 Å². The number of methoxy groups -OCH3 is 1. The molecule has 1 heterocycles. The molecule has 2 amide bonds. The molecule has 0 aliphatic carbocycles. The number of ether oxygens (including phenoxy) is 2. The lowest BCUT2D eigenvalue weighted by Crippen LogP contribution is -2.31. The second-order valence-electron chi connectivity index (χ2n) is 8.07. The fraction of sp³-hybridized carbons (Fsp3) is 0.179. The first-order valence-corrected chi connectivity index (χ1v) is 13.3. The number of para-hydroxylation sites is 2. The van der Waals surface area contributed by atoms with Crippen molar-refractivity contribution in [2.45, 2.75) is 18.6 Å². The smallest absolute Gasteiger partial charge is 0.269 e. The molecule has 1 atom stereocenters. The van der Waals surface area contributed by atoms with Crippen molar-refractivity contribution in [1.82, 2.24) is 0 Å². The van der Waals surface area contributed by atoms with Gasteiger partial charge in [0.2, 0.25) is 5.91 Å². The Balaban J connectivity index is 1.75. The van der Waals surface area contributed by atoms with E-state index in [1.54, 1.807) is 66.7 Å². The molecule has 7 nitrogen and oxygen atoms in total. The van der Waals surface area contributed by atoms with E-state index in [0.717, 1.165) is 11.8 Å². The summed E-state index contributed by atoms with van der Waals surface area (Å²) in [4.78, 5) is 28.5. The molecule has 3 aromatic carbocycles. The zero-order valence-electron chi connectivity index (χ0n) is 20.5. The van der Waals surface area contributed by atoms with E-state index in [0.29, 0.717) is 45.1 Å². The van der Waals surface area contributed by atoms with Gasteiger partial charge in [0, 0.05) is 5.69 Å². The maximum absolute atomic E-state index is 13.7. The molecule has 1 fully saturated rings. The van der Waals surface area contributed by atoms with Gasteiger partial charge in [-0.2, -0.15) is 5.26 Å². The van der Waals surface area contributed by atoms with Gasteiger partial charge in [0.15, 0.2) is 0 Å². The van der Waals surface area contributed by atoms with E-state index in [2.05, 4.69) is 5.32 Å². The Hall–Kier alpha value is -3.64. The van der Waals surface area contributed by atoms with Crippen LogP contribution in [0.5, 0.6) is 11.5 Å². The molecule has 3 aromatic rings. The monoisotopic (exact) mass is 567 g/mol. The molecule has 1 saturated heterocycles. The predicted molar refractivity (Wildman–Crippen MR) is 151 cm³/mol. The first-order chi connectivity index (χ1) is 18.4. The van der Waals surface area contributed by atoms with Crippen LogP contribution in [-0.4, -0.2) is 30.8 Å². The lowest BCUT2D eigenvalue weighted by Gasteiger charge is -2.19. The molecular formula is C28H23Cl2N3O4S. The highest BCUT2D eigenvalue weighted by Gasteiger charge is 2.41. The number of nitrogens with one attached hydrogen (secondary N) is 1. The molecule has 0 radical (unpaired) electrons. The molecule has 4 rings (SSSR count). The zero-order chi connectivity index (χ0) is 27.2. The van der Waals surface area contributed by atoms with Gasteiger partial charge >= 0.3 is 0 Å². The van der Waals surface area contributed by atoms with Crippen molar-refractivity contribution in [2.75, 3.05) is 23.9 Å². The van der Waals surface area contributed by atoms with Crippen molar-refractivity contribution in [3.05, 3.63) is 92.9 Å². The van der Waals surface area contributed by atoms with E-state index in [1.165, 1.54) is 12.0 Å². The Labute approximate surface area is 234 Å². The third kappa shape index (κ3) is 5.76. The van der Waals surface area contributed by atoms with E-state index < -0.39 is 11.2 Å². The van der Waals surface area contributed by atoms with Crippen molar-refractivity contribution in [2.24, 2.45) is 0 Å². The molecule has 0 bridgehead atoms. The fourth-order valence-corrected chi connectivity index (χ4v) is 5.61. The Morgan fingerprint density at radius 2 is 1.84 bits per heavy atom. The van der Waals surface area contributed by atoms with Gasteiger partial charge in [0.1, 0.15) is 28.2 Å². The second-order valence-corrected chi connectivity index (χ2v) is 10.0. The molecule has 1 N–H and O–H groups in total. The number of benzene rings is 3. The zero-order valence-corrected chi connectivity index (χ0v) is 22.9. The quantitative estimate of drug-likeness (QED) is 0.248. The van der Waals surface area contributed by atoms with Gasteiger partial charge in [-0.3, -0.25) is 14.5 Å². The maximum atomic E-state index is 13.7. The first kappa shape index (κ1) is 27.4. The van der Waals surface area contributed by atoms with Gasteiger partial charge in [-0.05, 0) is 61.4 Å². The van der Waals surface area contributed by atoms with Crippen LogP contribution in [0, 0.1) is 11.3 Å². The Bertz CT molecular complexity index is 1440. The number of nitriles is 1. The largest absolute Gasteiger partial charge is 0.495 e. The second kappa shape index (κ2) is 12.3. The lowest BCUT2D eigenvalue weighted by molar-refractivity contribution is -0.117. The van der Waals surface area contributed by atoms with Gasteiger partial charge in [0.05, 0.1) is 34.7 Å². The molecule has 194 valence electrons. The van der Waals surface area contributed by atoms with Crippen molar-refractivity contribution in [1.29, 1.82) is 5.26 Å². The molecule has 0 spiro atoms. The fourth-order valence-electron chi connectivity index (χ4n) is 3.92. The van der Waals surface area contributed by atoms with Crippen molar-refractivity contribution in [3.63, 3.8) is 0 Å². The van der Waals surface area contributed by atoms with Crippen LogP contribution >= 0.6 is 35.0 Å². The molecular weight excluding hydrogens is 545 g/mol.